The number of hydrogen-bond donors (Lipinski definition) is 0. The zero-order valence-corrected chi connectivity index (χ0v) is 16.2. The van der Waals surface area contributed by atoms with Crippen molar-refractivity contribution < 1.29 is 18.7 Å². The third kappa shape index (κ3) is 3.86. The van der Waals surface area contributed by atoms with E-state index in [9.17, 15) is 9.59 Å². The first-order valence-electron chi connectivity index (χ1n) is 10.00. The minimum Gasteiger partial charge on any atom is -0.456 e. The van der Waals surface area contributed by atoms with Gasteiger partial charge in [0.05, 0.1) is 0 Å². The molecule has 2 saturated carbocycles. The molecule has 0 spiro atoms. The van der Waals surface area contributed by atoms with Crippen LogP contribution in [-0.2, 0) is 14.3 Å². The summed E-state index contributed by atoms with van der Waals surface area (Å²) in [7, 11) is 0. The second kappa shape index (κ2) is 7.93. The fraction of sp³-hybridized carbons (Fsp3) is 0.762. The second-order valence-electron chi connectivity index (χ2n) is 8.48. The summed E-state index contributed by atoms with van der Waals surface area (Å²) in [5, 5.41) is 0. The lowest BCUT2D eigenvalue weighted by Gasteiger charge is -2.42. The number of hydrogen-bond acceptors (Lipinski definition) is 5. The standard InChI is InChI=1S/C21H31NO4/c1-14(16-9-10-17-19(24)7-5-11-21(16,17)3)6-4-8-20(26-15(2)23)18-12-25-13-22-18/h12-14,16-17,20H,4-11H2,1-3H3/t14?,16-,17+,20?,21-/m1/s1. The molecule has 1 aromatic heterocycles. The lowest BCUT2D eigenvalue weighted by Crippen LogP contribution is -2.39. The summed E-state index contributed by atoms with van der Waals surface area (Å²) in [4.78, 5) is 27.8. The summed E-state index contributed by atoms with van der Waals surface area (Å²) in [6, 6.07) is 0. The van der Waals surface area contributed by atoms with E-state index < -0.39 is 0 Å². The lowest BCUT2D eigenvalue weighted by atomic mass is 9.62. The Morgan fingerprint density at radius 3 is 2.92 bits per heavy atom. The van der Waals surface area contributed by atoms with Crippen LogP contribution < -0.4 is 0 Å². The van der Waals surface area contributed by atoms with Gasteiger partial charge in [-0.1, -0.05) is 20.3 Å². The van der Waals surface area contributed by atoms with Gasteiger partial charge in [-0.3, -0.25) is 9.59 Å². The zero-order valence-electron chi connectivity index (χ0n) is 16.2. The Kier molecular flexibility index (Phi) is 5.83. The predicted molar refractivity (Wildman–Crippen MR) is 97.2 cm³/mol. The Balaban J connectivity index is 1.55. The minimum atomic E-state index is -0.332. The number of nitrogens with zero attached hydrogens (tertiary/aromatic N) is 1. The van der Waals surface area contributed by atoms with E-state index in [0.29, 0.717) is 23.3 Å². The first-order valence-corrected chi connectivity index (χ1v) is 10.00. The van der Waals surface area contributed by atoms with Crippen LogP contribution in [0.15, 0.2) is 17.1 Å². The SMILES string of the molecule is CC(=O)OC(CCCC(C)[C@H]1CC[C@H]2C(=O)CCC[C@]12C)c1cocn1. The monoisotopic (exact) mass is 361 g/mol. The quantitative estimate of drug-likeness (QED) is 0.648. The molecule has 0 N–H and O–H groups in total. The van der Waals surface area contributed by atoms with E-state index in [-0.39, 0.29) is 23.4 Å². The van der Waals surface area contributed by atoms with Crippen molar-refractivity contribution >= 4 is 11.8 Å². The Morgan fingerprint density at radius 1 is 1.42 bits per heavy atom. The molecule has 0 bridgehead atoms. The van der Waals surface area contributed by atoms with Gasteiger partial charge in [0.25, 0.3) is 0 Å². The Morgan fingerprint density at radius 2 is 2.23 bits per heavy atom. The van der Waals surface area contributed by atoms with Crippen LogP contribution in [0.1, 0.15) is 83.9 Å². The minimum absolute atomic E-state index is 0.191. The fourth-order valence-electron chi connectivity index (χ4n) is 5.58. The molecule has 0 amide bonds. The van der Waals surface area contributed by atoms with Gasteiger partial charge in [-0.25, -0.2) is 4.98 Å². The highest BCUT2D eigenvalue weighted by Crippen LogP contribution is 2.57. The third-order valence-corrected chi connectivity index (χ3v) is 6.84. The van der Waals surface area contributed by atoms with Gasteiger partial charge in [0, 0.05) is 19.3 Å². The number of ether oxygens (including phenoxy) is 1. The van der Waals surface area contributed by atoms with Gasteiger partial charge in [0.1, 0.15) is 23.8 Å². The average molecular weight is 361 g/mol. The Hall–Kier alpha value is -1.65. The maximum Gasteiger partial charge on any atom is 0.303 e. The molecule has 5 atom stereocenters. The van der Waals surface area contributed by atoms with Crippen LogP contribution in [0.2, 0.25) is 0 Å². The molecule has 26 heavy (non-hydrogen) atoms. The predicted octanol–water partition coefficient (Wildman–Crippen LogP) is 4.87. The number of ketones is 1. The number of carbonyl (C=O) groups excluding carboxylic acids is 2. The molecule has 2 fully saturated rings. The summed E-state index contributed by atoms with van der Waals surface area (Å²) < 4.78 is 10.4. The smallest absolute Gasteiger partial charge is 0.303 e. The van der Waals surface area contributed by atoms with Crippen molar-refractivity contribution in [1.82, 2.24) is 4.98 Å². The molecule has 2 aliphatic carbocycles. The number of fused-ring (bicyclic) bond motifs is 1. The first-order chi connectivity index (χ1) is 12.4. The van der Waals surface area contributed by atoms with Crippen LogP contribution in [0.4, 0.5) is 0 Å². The molecule has 1 heterocycles. The van der Waals surface area contributed by atoms with Crippen molar-refractivity contribution in [2.75, 3.05) is 0 Å². The van der Waals surface area contributed by atoms with E-state index in [1.165, 1.54) is 26.2 Å². The summed E-state index contributed by atoms with van der Waals surface area (Å²) in [5.74, 6) is 1.68. The summed E-state index contributed by atoms with van der Waals surface area (Å²) in [5.41, 5.74) is 0.870. The highest BCUT2D eigenvalue weighted by atomic mass is 16.5. The van der Waals surface area contributed by atoms with E-state index in [2.05, 4.69) is 18.8 Å². The van der Waals surface area contributed by atoms with Crippen molar-refractivity contribution in [3.05, 3.63) is 18.4 Å². The number of oxazole rings is 1. The first kappa shape index (κ1) is 19.1. The molecular formula is C21H31NO4. The Bertz CT molecular complexity index is 626. The molecule has 0 radical (unpaired) electrons. The van der Waals surface area contributed by atoms with Gasteiger partial charge < -0.3 is 9.15 Å². The molecule has 0 aromatic carbocycles. The van der Waals surface area contributed by atoms with Crippen LogP contribution in [0, 0.1) is 23.2 Å². The zero-order chi connectivity index (χ0) is 18.7. The number of rotatable bonds is 7. The highest BCUT2D eigenvalue weighted by Gasteiger charge is 2.52. The van der Waals surface area contributed by atoms with Crippen LogP contribution in [0.25, 0.3) is 0 Å². The molecular weight excluding hydrogens is 330 g/mol. The number of carbonyl (C=O) groups is 2. The van der Waals surface area contributed by atoms with E-state index in [4.69, 9.17) is 9.15 Å². The van der Waals surface area contributed by atoms with Crippen molar-refractivity contribution in [3.8, 4) is 0 Å². The molecule has 0 saturated heterocycles. The molecule has 0 aliphatic heterocycles. The molecule has 144 valence electrons. The van der Waals surface area contributed by atoms with Gasteiger partial charge in [-0.05, 0) is 55.8 Å². The molecule has 5 heteroatoms. The van der Waals surface area contributed by atoms with Gasteiger partial charge >= 0.3 is 5.97 Å². The largest absolute Gasteiger partial charge is 0.456 e. The van der Waals surface area contributed by atoms with Gasteiger partial charge in [0.2, 0.25) is 0 Å². The molecule has 2 aliphatic rings. The van der Waals surface area contributed by atoms with Crippen LogP contribution in [0.5, 0.6) is 0 Å². The van der Waals surface area contributed by atoms with E-state index in [1.807, 2.05) is 0 Å². The van der Waals surface area contributed by atoms with Crippen molar-refractivity contribution in [1.29, 1.82) is 0 Å². The average Bonchev–Trinajstić information content (AvgIpc) is 3.21. The van der Waals surface area contributed by atoms with Crippen LogP contribution >= 0.6 is 0 Å². The molecule has 2 unspecified atom stereocenters. The normalized spacial score (nSPS) is 30.7. The van der Waals surface area contributed by atoms with Crippen molar-refractivity contribution in [3.63, 3.8) is 0 Å². The summed E-state index contributed by atoms with van der Waals surface area (Å²) in [6.07, 6.45) is 10.6. The van der Waals surface area contributed by atoms with E-state index >= 15 is 0 Å². The number of aromatic nitrogens is 1. The van der Waals surface area contributed by atoms with E-state index in [1.54, 1.807) is 6.26 Å². The van der Waals surface area contributed by atoms with Crippen LogP contribution in [-0.4, -0.2) is 16.7 Å². The molecule has 3 rings (SSSR count). The number of Topliss-reactive ketones (excluding diaryl/α,β-unsaturated/α-hetero) is 1. The van der Waals surface area contributed by atoms with Gasteiger partial charge in [-0.2, -0.15) is 0 Å². The molecule has 5 nitrogen and oxygen atoms in total. The Labute approximate surface area is 155 Å². The topological polar surface area (TPSA) is 69.4 Å². The maximum absolute atomic E-state index is 12.3. The second-order valence-corrected chi connectivity index (χ2v) is 8.48. The molecule has 1 aromatic rings. The van der Waals surface area contributed by atoms with Crippen LogP contribution in [0.3, 0.4) is 0 Å². The fourth-order valence-corrected chi connectivity index (χ4v) is 5.58. The van der Waals surface area contributed by atoms with Crippen molar-refractivity contribution in [2.24, 2.45) is 23.2 Å². The van der Waals surface area contributed by atoms with Gasteiger partial charge in [0.15, 0.2) is 6.39 Å². The maximum atomic E-state index is 12.3. The summed E-state index contributed by atoms with van der Waals surface area (Å²) in [6.45, 7) is 6.10. The van der Waals surface area contributed by atoms with E-state index in [0.717, 1.165) is 38.5 Å². The van der Waals surface area contributed by atoms with Crippen molar-refractivity contribution in [2.45, 2.75) is 78.2 Å². The highest BCUT2D eigenvalue weighted by molar-refractivity contribution is 5.83. The van der Waals surface area contributed by atoms with Gasteiger partial charge in [-0.15, -0.1) is 0 Å². The third-order valence-electron chi connectivity index (χ3n) is 6.84. The number of esters is 1. The summed E-state index contributed by atoms with van der Waals surface area (Å²) >= 11 is 0. The lowest BCUT2D eigenvalue weighted by molar-refractivity contribution is -0.147.